The van der Waals surface area contributed by atoms with Crippen LogP contribution in [-0.2, 0) is 0 Å². The van der Waals surface area contributed by atoms with Crippen LogP contribution in [0.3, 0.4) is 0 Å². The molecule has 0 bridgehead atoms. The molecule has 10 nitrogen and oxygen atoms in total. The van der Waals surface area contributed by atoms with Gasteiger partial charge in [-0.05, 0) is 12.1 Å². The van der Waals surface area contributed by atoms with Gasteiger partial charge in [-0.2, -0.15) is 0 Å². The summed E-state index contributed by atoms with van der Waals surface area (Å²) >= 11 is 0. The fraction of sp³-hybridized carbons (Fsp3) is 0. The van der Waals surface area contributed by atoms with E-state index in [1.54, 1.807) is 24.8 Å². The lowest BCUT2D eigenvalue weighted by molar-refractivity contribution is 1.07. The summed E-state index contributed by atoms with van der Waals surface area (Å²) in [6, 6.07) is 60.0. The fourth-order valence-electron chi connectivity index (χ4n) is 7.58. The van der Waals surface area contributed by atoms with Gasteiger partial charge >= 0.3 is 0 Å². The molecular formula is C54H34N10. The van der Waals surface area contributed by atoms with Crippen molar-refractivity contribution in [2.75, 3.05) is 0 Å². The first-order chi connectivity index (χ1) is 31.7. The first-order valence-corrected chi connectivity index (χ1v) is 20.7. The molecule has 0 unspecified atom stereocenters. The molecule has 0 saturated heterocycles. The van der Waals surface area contributed by atoms with Crippen molar-refractivity contribution < 1.29 is 0 Å². The highest BCUT2D eigenvalue weighted by Crippen LogP contribution is 2.34. The van der Waals surface area contributed by atoms with Gasteiger partial charge in [-0.1, -0.05) is 170 Å². The predicted molar refractivity (Wildman–Crippen MR) is 251 cm³/mol. The van der Waals surface area contributed by atoms with Gasteiger partial charge in [-0.15, -0.1) is 0 Å². The molecule has 0 N–H and O–H groups in total. The number of fused-ring (bicyclic) bond motifs is 2. The van der Waals surface area contributed by atoms with E-state index in [1.807, 2.05) is 182 Å². The van der Waals surface area contributed by atoms with Crippen molar-refractivity contribution in [3.8, 4) is 68.3 Å². The Morgan fingerprint density at radius 3 is 0.766 bits per heavy atom. The molecule has 0 amide bonds. The van der Waals surface area contributed by atoms with Crippen LogP contribution >= 0.6 is 0 Å². The Balaban J connectivity index is 0.959. The molecule has 0 aliphatic carbocycles. The number of nitrogens with zero attached hydrogens (tertiary/aromatic N) is 10. The summed E-state index contributed by atoms with van der Waals surface area (Å²) in [7, 11) is 0. The van der Waals surface area contributed by atoms with Crippen LogP contribution in [0.1, 0.15) is 22.3 Å². The highest BCUT2D eigenvalue weighted by molar-refractivity contribution is 6.22. The van der Waals surface area contributed by atoms with Crippen molar-refractivity contribution in [2.24, 2.45) is 9.98 Å². The molecule has 0 saturated carbocycles. The minimum Gasteiger partial charge on any atom is -0.262 e. The number of hydrogen-bond donors (Lipinski definition) is 0. The van der Waals surface area contributed by atoms with Crippen LogP contribution in [0.15, 0.2) is 217 Å². The summed E-state index contributed by atoms with van der Waals surface area (Å²) in [5, 5.41) is 0. The van der Waals surface area contributed by atoms with E-state index >= 15 is 0 Å². The van der Waals surface area contributed by atoms with E-state index in [1.165, 1.54) is 0 Å². The van der Waals surface area contributed by atoms with E-state index in [0.29, 0.717) is 46.3 Å². The monoisotopic (exact) mass is 822 g/mol. The first-order valence-electron chi connectivity index (χ1n) is 20.7. The number of benzene rings is 6. The van der Waals surface area contributed by atoms with Gasteiger partial charge in [-0.3, -0.25) is 9.97 Å². The van der Waals surface area contributed by atoms with Gasteiger partial charge in [0.25, 0.3) is 0 Å². The van der Waals surface area contributed by atoms with Gasteiger partial charge in [0.2, 0.25) is 0 Å². The van der Waals surface area contributed by atoms with Crippen molar-refractivity contribution in [3.63, 3.8) is 0 Å². The molecule has 0 spiro atoms. The molecule has 5 heterocycles. The smallest absolute Gasteiger partial charge is 0.164 e. The zero-order valence-electron chi connectivity index (χ0n) is 34.1. The number of rotatable bonds is 8. The Morgan fingerprint density at radius 2 is 0.484 bits per heavy atom. The lowest BCUT2D eigenvalue weighted by Crippen LogP contribution is -2.11. The first kappa shape index (κ1) is 37.9. The molecule has 10 heteroatoms. The molecule has 4 aromatic heterocycles. The van der Waals surface area contributed by atoms with E-state index < -0.39 is 0 Å². The quantitative estimate of drug-likeness (QED) is 0.148. The summed E-state index contributed by atoms with van der Waals surface area (Å²) < 4.78 is 0. The van der Waals surface area contributed by atoms with Crippen LogP contribution in [0.5, 0.6) is 0 Å². The Kier molecular flexibility index (Phi) is 9.96. The van der Waals surface area contributed by atoms with Crippen LogP contribution in [0.2, 0.25) is 0 Å². The second-order valence-corrected chi connectivity index (χ2v) is 14.9. The summed E-state index contributed by atoms with van der Waals surface area (Å²) in [5.74, 6) is 3.56. The van der Waals surface area contributed by atoms with Gasteiger partial charge in [-0.25, -0.2) is 39.9 Å². The third kappa shape index (κ3) is 7.63. The van der Waals surface area contributed by atoms with E-state index in [0.717, 1.165) is 67.1 Å². The summed E-state index contributed by atoms with van der Waals surface area (Å²) in [5.41, 5.74) is 11.6. The van der Waals surface area contributed by atoms with Crippen molar-refractivity contribution in [3.05, 3.63) is 229 Å². The Morgan fingerprint density at radius 1 is 0.234 bits per heavy atom. The summed E-state index contributed by atoms with van der Waals surface area (Å²) in [6.45, 7) is 0. The maximum Gasteiger partial charge on any atom is 0.164 e. The predicted octanol–water partition coefficient (Wildman–Crippen LogP) is 11.5. The second-order valence-electron chi connectivity index (χ2n) is 14.9. The van der Waals surface area contributed by atoms with Crippen molar-refractivity contribution >= 4 is 22.8 Å². The van der Waals surface area contributed by atoms with Gasteiger partial charge < -0.3 is 0 Å². The average molecular weight is 823 g/mol. The molecule has 6 aromatic carbocycles. The molecule has 64 heavy (non-hydrogen) atoms. The molecule has 300 valence electrons. The van der Waals surface area contributed by atoms with Gasteiger partial charge in [0.05, 0.1) is 35.2 Å². The number of hydrogen-bond acceptors (Lipinski definition) is 10. The SMILES string of the molecule is c1ccc(-c2nc(-c3ccccc3)nc(-c3ccc(C4=Nc5cnccc5C(c5ccc(-c6nc(-c7ccccc7)nc(-c7ccccc7)n6)cc5)=Nc5cnccc54)cc3)n2)cc1. The molecule has 10 aromatic rings. The Hall–Kier alpha value is -9.02. The van der Waals surface area contributed by atoms with Gasteiger partial charge in [0.15, 0.2) is 34.9 Å². The second kappa shape index (κ2) is 16.8. The third-order valence-electron chi connectivity index (χ3n) is 10.8. The van der Waals surface area contributed by atoms with Crippen LogP contribution in [0, 0.1) is 0 Å². The number of aliphatic imine (C=N–C) groups is 2. The Labute approximate surface area is 368 Å². The lowest BCUT2D eigenvalue weighted by Gasteiger charge is -2.18. The van der Waals surface area contributed by atoms with E-state index in [-0.39, 0.29) is 0 Å². The van der Waals surface area contributed by atoms with E-state index in [9.17, 15) is 0 Å². The van der Waals surface area contributed by atoms with E-state index in [4.69, 9.17) is 39.9 Å². The Bertz CT molecular complexity index is 3000. The van der Waals surface area contributed by atoms with E-state index in [2.05, 4.69) is 9.97 Å². The lowest BCUT2D eigenvalue weighted by atomic mass is 9.96. The largest absolute Gasteiger partial charge is 0.262 e. The standard InChI is InChI=1S/C54H34N10/c1-5-13-37(14-6-1)49-59-50(38-15-7-2-8-16-38)62-53(61-49)41-25-21-35(22-26-41)47-43-29-31-55-33-45(43)58-48(44-30-32-56-34-46(44)57-47)36-23-27-42(28-24-36)54-63-51(39-17-9-3-10-18-39)60-52(64-54)40-19-11-4-12-20-40/h1-34H. The van der Waals surface area contributed by atoms with Gasteiger partial charge in [0.1, 0.15) is 0 Å². The minimum absolute atomic E-state index is 0.571. The summed E-state index contributed by atoms with van der Waals surface area (Å²) in [4.78, 5) is 49.1. The zero-order valence-corrected chi connectivity index (χ0v) is 34.1. The van der Waals surface area contributed by atoms with Crippen LogP contribution in [0.25, 0.3) is 68.3 Å². The van der Waals surface area contributed by atoms with Crippen molar-refractivity contribution in [1.82, 2.24) is 39.9 Å². The molecule has 11 rings (SSSR count). The highest BCUT2D eigenvalue weighted by Gasteiger charge is 2.22. The van der Waals surface area contributed by atoms with Crippen LogP contribution in [-0.4, -0.2) is 51.3 Å². The minimum atomic E-state index is 0.571. The van der Waals surface area contributed by atoms with Crippen LogP contribution in [0.4, 0.5) is 11.4 Å². The molecule has 1 aliphatic heterocycles. The van der Waals surface area contributed by atoms with Gasteiger partial charge in [0, 0.05) is 68.0 Å². The van der Waals surface area contributed by atoms with Crippen molar-refractivity contribution in [1.29, 1.82) is 0 Å². The zero-order chi connectivity index (χ0) is 42.7. The third-order valence-corrected chi connectivity index (χ3v) is 10.8. The topological polar surface area (TPSA) is 128 Å². The maximum atomic E-state index is 5.32. The molecule has 0 atom stereocenters. The van der Waals surface area contributed by atoms with Crippen LogP contribution < -0.4 is 0 Å². The normalized spacial score (nSPS) is 11.9. The fourth-order valence-corrected chi connectivity index (χ4v) is 7.58. The highest BCUT2D eigenvalue weighted by atomic mass is 15.0. The maximum absolute atomic E-state index is 5.32. The summed E-state index contributed by atoms with van der Waals surface area (Å²) in [6.07, 6.45) is 7.09. The average Bonchev–Trinajstić information content (AvgIpc) is 3.38. The molecule has 1 aliphatic rings. The van der Waals surface area contributed by atoms with Crippen molar-refractivity contribution in [2.45, 2.75) is 0 Å². The number of aromatic nitrogens is 8. The molecule has 0 radical (unpaired) electrons. The molecule has 0 fully saturated rings. The number of pyridine rings is 2. The molecular weight excluding hydrogens is 789 g/mol.